The van der Waals surface area contributed by atoms with E-state index < -0.39 is 0 Å². The van der Waals surface area contributed by atoms with E-state index in [9.17, 15) is 0 Å². The summed E-state index contributed by atoms with van der Waals surface area (Å²) in [4.78, 5) is 5.02. The van der Waals surface area contributed by atoms with Gasteiger partial charge in [0, 0.05) is 34.1 Å². The third-order valence-electron chi connectivity index (χ3n) is 12.5. The van der Waals surface area contributed by atoms with Gasteiger partial charge in [0.05, 0.1) is 0 Å². The highest BCUT2D eigenvalue weighted by Gasteiger charge is 2.25. The van der Waals surface area contributed by atoms with Crippen LogP contribution < -0.4 is 9.80 Å². The van der Waals surface area contributed by atoms with E-state index in [0.717, 1.165) is 25.7 Å². The number of benzene rings is 10. The molecule has 0 radical (unpaired) electrons. The maximum absolute atomic E-state index is 2.51. The van der Waals surface area contributed by atoms with E-state index in [0.29, 0.717) is 0 Å². The third-order valence-corrected chi connectivity index (χ3v) is 12.5. The molecule has 0 bridgehead atoms. The van der Waals surface area contributed by atoms with E-state index in [2.05, 4.69) is 192 Å². The molecule has 0 N–H and O–H groups in total. The van der Waals surface area contributed by atoms with Gasteiger partial charge in [-0.05, 0) is 150 Å². The van der Waals surface area contributed by atoms with Gasteiger partial charge in [0.25, 0.3) is 0 Å². The predicted octanol–water partition coefficient (Wildman–Crippen LogP) is 14.6. The number of para-hydroxylation sites is 4. The minimum absolute atomic E-state index is 1.02. The lowest BCUT2D eigenvalue weighted by atomic mass is 9.86. The lowest BCUT2D eigenvalue weighted by Crippen LogP contribution is -2.11. The van der Waals surface area contributed by atoms with E-state index in [4.69, 9.17) is 0 Å². The van der Waals surface area contributed by atoms with Crippen molar-refractivity contribution in [2.45, 2.75) is 25.7 Å². The first-order valence-corrected chi connectivity index (χ1v) is 19.9. The summed E-state index contributed by atoms with van der Waals surface area (Å²) in [6, 6.07) is 68.4. The first kappa shape index (κ1) is 31.5. The van der Waals surface area contributed by atoms with Gasteiger partial charge in [0.1, 0.15) is 0 Å². The molecule has 2 heterocycles. The van der Waals surface area contributed by atoms with Crippen LogP contribution in [0.2, 0.25) is 0 Å². The number of hydrogen-bond donors (Lipinski definition) is 0. The summed E-state index contributed by atoms with van der Waals surface area (Å²) >= 11 is 0. The minimum Gasteiger partial charge on any atom is -0.310 e. The van der Waals surface area contributed by atoms with Crippen molar-refractivity contribution in [3.8, 4) is 0 Å². The molecule has 0 spiro atoms. The molecule has 0 atom stereocenters. The quantitative estimate of drug-likeness (QED) is 0.165. The Morgan fingerprint density at radius 3 is 0.893 bits per heavy atom. The summed E-state index contributed by atoms with van der Waals surface area (Å²) in [5.74, 6) is 0. The van der Waals surface area contributed by atoms with Crippen molar-refractivity contribution in [2.24, 2.45) is 0 Å². The van der Waals surface area contributed by atoms with Crippen molar-refractivity contribution in [1.29, 1.82) is 0 Å². The highest BCUT2D eigenvalue weighted by atomic mass is 15.2. The van der Waals surface area contributed by atoms with Crippen LogP contribution in [0.15, 0.2) is 182 Å². The molecule has 0 aromatic heterocycles. The Hall–Kier alpha value is -6.90. The fraction of sp³-hybridized carbons (Fsp3) is 0.0741. The Morgan fingerprint density at radius 2 is 0.536 bits per heavy atom. The number of nitrogens with zero attached hydrogens (tertiary/aromatic N) is 2. The van der Waals surface area contributed by atoms with Crippen LogP contribution in [0.4, 0.5) is 34.1 Å². The van der Waals surface area contributed by atoms with Crippen LogP contribution in [0.5, 0.6) is 0 Å². The molecule has 2 aliphatic heterocycles. The zero-order valence-electron chi connectivity index (χ0n) is 31.0. The van der Waals surface area contributed by atoms with Crippen LogP contribution >= 0.6 is 0 Å². The Bertz CT molecular complexity index is 2920. The summed E-state index contributed by atoms with van der Waals surface area (Å²) in [6.07, 6.45) is 4.09. The first-order chi connectivity index (χ1) is 27.8. The molecule has 10 aromatic rings. The molecule has 0 saturated carbocycles. The van der Waals surface area contributed by atoms with E-state index in [1.165, 1.54) is 110 Å². The van der Waals surface area contributed by atoms with Crippen molar-refractivity contribution < 1.29 is 0 Å². The SMILES string of the molecule is c1ccc2c(c1)CCc1ccccc1N2c1ccc2c3ccccc3c3c4cc(N5c6ccccc6CCc6ccccc65)ccc4c4ccccc4c3c2c1. The second-order valence-electron chi connectivity index (χ2n) is 15.5. The topological polar surface area (TPSA) is 6.48 Å². The number of rotatable bonds is 2. The predicted molar refractivity (Wildman–Crippen MR) is 238 cm³/mol. The number of fused-ring (bicyclic) bond motifs is 15. The molecule has 2 heteroatoms. The molecular weight excluding hydrogens is 677 g/mol. The van der Waals surface area contributed by atoms with Gasteiger partial charge >= 0.3 is 0 Å². The summed E-state index contributed by atoms with van der Waals surface area (Å²) in [5, 5.41) is 12.9. The molecule has 0 amide bonds. The molecule has 0 saturated heterocycles. The third kappa shape index (κ3) is 4.63. The van der Waals surface area contributed by atoms with Crippen molar-refractivity contribution in [3.05, 3.63) is 204 Å². The van der Waals surface area contributed by atoms with Crippen LogP contribution in [0.25, 0.3) is 53.9 Å². The highest BCUT2D eigenvalue weighted by Crippen LogP contribution is 2.49. The summed E-state index contributed by atoms with van der Waals surface area (Å²) < 4.78 is 0. The molecular formula is C54H38N2. The lowest BCUT2D eigenvalue weighted by molar-refractivity contribution is 0.977. The molecule has 2 aliphatic rings. The Morgan fingerprint density at radius 1 is 0.250 bits per heavy atom. The number of anilines is 6. The van der Waals surface area contributed by atoms with Crippen LogP contribution in [0.3, 0.4) is 0 Å². The first-order valence-electron chi connectivity index (χ1n) is 19.9. The molecule has 12 rings (SSSR count). The van der Waals surface area contributed by atoms with Gasteiger partial charge in [-0.1, -0.05) is 133 Å². The van der Waals surface area contributed by atoms with Crippen molar-refractivity contribution >= 4 is 88.0 Å². The normalized spacial score (nSPS) is 13.7. The molecule has 2 nitrogen and oxygen atoms in total. The largest absolute Gasteiger partial charge is 0.310 e. The van der Waals surface area contributed by atoms with Gasteiger partial charge in [0.15, 0.2) is 0 Å². The second-order valence-corrected chi connectivity index (χ2v) is 15.5. The van der Waals surface area contributed by atoms with Gasteiger partial charge in [-0.2, -0.15) is 0 Å². The van der Waals surface area contributed by atoms with Crippen LogP contribution in [-0.4, -0.2) is 0 Å². The van der Waals surface area contributed by atoms with Crippen LogP contribution in [0, 0.1) is 0 Å². The maximum Gasteiger partial charge on any atom is 0.0493 e. The highest BCUT2D eigenvalue weighted by molar-refractivity contribution is 6.39. The molecule has 0 aliphatic carbocycles. The van der Waals surface area contributed by atoms with E-state index >= 15 is 0 Å². The average molecular weight is 715 g/mol. The van der Waals surface area contributed by atoms with Gasteiger partial charge in [-0.3, -0.25) is 0 Å². The van der Waals surface area contributed by atoms with Gasteiger partial charge in [-0.25, -0.2) is 0 Å². The average Bonchev–Trinajstić information content (AvgIpc) is 3.54. The van der Waals surface area contributed by atoms with Gasteiger partial charge in [0.2, 0.25) is 0 Å². The summed E-state index contributed by atoms with van der Waals surface area (Å²) in [5.41, 5.74) is 13.0. The number of hydrogen-bond acceptors (Lipinski definition) is 2. The fourth-order valence-corrected chi connectivity index (χ4v) is 10.0. The van der Waals surface area contributed by atoms with Crippen molar-refractivity contribution in [1.82, 2.24) is 0 Å². The Labute approximate surface area is 326 Å². The van der Waals surface area contributed by atoms with E-state index in [1.807, 2.05) is 0 Å². The van der Waals surface area contributed by atoms with E-state index in [-0.39, 0.29) is 0 Å². The van der Waals surface area contributed by atoms with Crippen LogP contribution in [-0.2, 0) is 25.7 Å². The molecule has 264 valence electrons. The zero-order chi connectivity index (χ0) is 36.7. The Balaban J connectivity index is 1.21. The zero-order valence-corrected chi connectivity index (χ0v) is 31.0. The Kier molecular flexibility index (Phi) is 6.91. The smallest absolute Gasteiger partial charge is 0.0493 e. The second kappa shape index (κ2) is 12.3. The number of aryl methyl sites for hydroxylation is 4. The minimum atomic E-state index is 1.02. The molecule has 10 aromatic carbocycles. The molecule has 0 unspecified atom stereocenters. The monoisotopic (exact) mass is 714 g/mol. The van der Waals surface area contributed by atoms with Crippen molar-refractivity contribution in [2.75, 3.05) is 9.80 Å². The standard InChI is InChI=1S/C54H38N2/c1-9-21-49-35(13-1)25-26-36-14-2-10-22-50(36)55(49)39-29-31-43-41-17-5-8-20-46(41)54-48-34-40(30-32-44(48)42-18-6-7-19-45(42)53(54)47(43)33-39)56-51-23-11-3-15-37(51)27-28-38-16-4-12-24-52(38)56/h1-24,29-34H,25-28H2. The van der Waals surface area contributed by atoms with Gasteiger partial charge in [-0.15, -0.1) is 0 Å². The van der Waals surface area contributed by atoms with Gasteiger partial charge < -0.3 is 9.80 Å². The van der Waals surface area contributed by atoms with Crippen molar-refractivity contribution in [3.63, 3.8) is 0 Å². The molecule has 56 heavy (non-hydrogen) atoms. The fourth-order valence-electron chi connectivity index (χ4n) is 10.0. The van der Waals surface area contributed by atoms with E-state index in [1.54, 1.807) is 0 Å². The molecule has 0 fully saturated rings. The maximum atomic E-state index is 2.51. The lowest BCUT2D eigenvalue weighted by Gasteiger charge is -2.28. The summed E-state index contributed by atoms with van der Waals surface area (Å²) in [6.45, 7) is 0. The summed E-state index contributed by atoms with van der Waals surface area (Å²) in [7, 11) is 0. The van der Waals surface area contributed by atoms with Crippen LogP contribution in [0.1, 0.15) is 22.3 Å².